The summed E-state index contributed by atoms with van der Waals surface area (Å²) in [5, 5.41) is 10.4. The van der Waals surface area contributed by atoms with Crippen LogP contribution < -0.4 is 0 Å². The topological polar surface area (TPSA) is 20.2 Å². The minimum absolute atomic E-state index is 0.0823. The van der Waals surface area contributed by atoms with Gasteiger partial charge in [-0.2, -0.15) is 0 Å². The fraction of sp³-hybridized carbons (Fsp3) is 0.263. The second-order valence-electron chi connectivity index (χ2n) is 5.26. The molecule has 0 aliphatic carbocycles. The van der Waals surface area contributed by atoms with E-state index in [0.29, 0.717) is 0 Å². The molecule has 2 aromatic carbocycles. The molecule has 0 unspecified atom stereocenters. The molecule has 110 valence electrons. The monoisotopic (exact) mass is 298 g/mol. The van der Waals surface area contributed by atoms with Crippen LogP contribution in [-0.4, -0.2) is 11.2 Å². The maximum Gasteiger partial charge on any atom is 0.0614 e. The summed E-state index contributed by atoms with van der Waals surface area (Å²) in [5.41, 5.74) is 1.27. The Kier molecular flexibility index (Phi) is 6.09. The molecule has 1 nitrogen and oxygen atoms in total. The standard InChI is InChI=1S/C19H22OS/c1-15(16(2)21-18-11-7-4-8-12-18)19(20)14-13-17-9-5-3-6-10-17/h3-12,15,19-20H,2,13-14H2,1H3/t15-,19-/m0/s1. The molecule has 0 aliphatic heterocycles. The first kappa shape index (κ1) is 15.9. The van der Waals surface area contributed by atoms with E-state index in [1.165, 1.54) is 10.5 Å². The van der Waals surface area contributed by atoms with Crippen LogP contribution in [0.3, 0.4) is 0 Å². The predicted molar refractivity (Wildman–Crippen MR) is 91.4 cm³/mol. The second-order valence-corrected chi connectivity index (χ2v) is 6.46. The molecule has 2 atom stereocenters. The number of aliphatic hydroxyl groups excluding tert-OH is 1. The van der Waals surface area contributed by atoms with E-state index in [-0.39, 0.29) is 12.0 Å². The van der Waals surface area contributed by atoms with E-state index < -0.39 is 0 Å². The molecule has 1 N–H and O–H groups in total. The quantitative estimate of drug-likeness (QED) is 0.732. The van der Waals surface area contributed by atoms with Crippen LogP contribution in [0.15, 0.2) is 77.0 Å². The van der Waals surface area contributed by atoms with E-state index in [1.54, 1.807) is 11.8 Å². The Morgan fingerprint density at radius 3 is 2.24 bits per heavy atom. The molecule has 0 saturated carbocycles. The van der Waals surface area contributed by atoms with Crippen LogP contribution in [0.5, 0.6) is 0 Å². The summed E-state index contributed by atoms with van der Waals surface area (Å²) >= 11 is 1.65. The summed E-state index contributed by atoms with van der Waals surface area (Å²) in [6.45, 7) is 6.18. The third-order valence-corrected chi connectivity index (χ3v) is 4.79. The molecule has 0 spiro atoms. The number of hydrogen-bond donors (Lipinski definition) is 1. The molecule has 0 aromatic heterocycles. The van der Waals surface area contributed by atoms with Crippen molar-refractivity contribution in [2.45, 2.75) is 30.8 Å². The fourth-order valence-corrected chi connectivity index (χ4v) is 3.10. The van der Waals surface area contributed by atoms with Crippen molar-refractivity contribution in [3.05, 3.63) is 77.7 Å². The molecule has 0 heterocycles. The summed E-state index contributed by atoms with van der Waals surface area (Å²) in [6.07, 6.45) is 1.31. The average molecular weight is 298 g/mol. The normalized spacial score (nSPS) is 13.6. The lowest BCUT2D eigenvalue weighted by Crippen LogP contribution is -2.19. The molecule has 0 saturated heterocycles. The molecule has 0 aliphatic rings. The highest BCUT2D eigenvalue weighted by atomic mass is 32.2. The van der Waals surface area contributed by atoms with Gasteiger partial charge in [-0.25, -0.2) is 0 Å². The van der Waals surface area contributed by atoms with Gasteiger partial charge in [0.25, 0.3) is 0 Å². The molecule has 2 aromatic rings. The first-order chi connectivity index (χ1) is 10.2. The lowest BCUT2D eigenvalue weighted by Gasteiger charge is -2.20. The van der Waals surface area contributed by atoms with Crippen molar-refractivity contribution in [1.82, 2.24) is 0 Å². The van der Waals surface area contributed by atoms with Crippen LogP contribution in [0.25, 0.3) is 0 Å². The van der Waals surface area contributed by atoms with Crippen LogP contribution in [0.1, 0.15) is 18.9 Å². The van der Waals surface area contributed by atoms with Crippen LogP contribution in [0, 0.1) is 5.92 Å². The largest absolute Gasteiger partial charge is 0.392 e. The van der Waals surface area contributed by atoms with E-state index in [0.717, 1.165) is 17.7 Å². The van der Waals surface area contributed by atoms with Crippen molar-refractivity contribution in [3.8, 4) is 0 Å². The Bertz CT molecular complexity index is 550. The highest BCUT2D eigenvalue weighted by molar-refractivity contribution is 8.03. The molecular weight excluding hydrogens is 276 g/mol. The van der Waals surface area contributed by atoms with E-state index in [9.17, 15) is 5.11 Å². The summed E-state index contributed by atoms with van der Waals surface area (Å²) in [4.78, 5) is 2.19. The van der Waals surface area contributed by atoms with E-state index in [2.05, 4.69) is 30.8 Å². The number of benzene rings is 2. The first-order valence-electron chi connectivity index (χ1n) is 7.30. The average Bonchev–Trinajstić information content (AvgIpc) is 2.53. The summed E-state index contributed by atoms with van der Waals surface area (Å²) < 4.78 is 0. The number of thioether (sulfide) groups is 1. The zero-order chi connectivity index (χ0) is 15.1. The van der Waals surface area contributed by atoms with Gasteiger partial charge in [0, 0.05) is 10.8 Å². The van der Waals surface area contributed by atoms with Gasteiger partial charge in [0.15, 0.2) is 0 Å². The Balaban J connectivity index is 1.84. The number of aliphatic hydroxyl groups is 1. The maximum atomic E-state index is 10.4. The molecule has 2 rings (SSSR count). The van der Waals surface area contributed by atoms with Crippen molar-refractivity contribution in [1.29, 1.82) is 0 Å². The molecule has 21 heavy (non-hydrogen) atoms. The maximum absolute atomic E-state index is 10.4. The second kappa shape index (κ2) is 8.06. The zero-order valence-electron chi connectivity index (χ0n) is 12.4. The molecule has 0 fully saturated rings. The molecule has 0 amide bonds. The minimum Gasteiger partial charge on any atom is -0.392 e. The molecule has 2 heteroatoms. The molecule has 0 bridgehead atoms. The van der Waals surface area contributed by atoms with Gasteiger partial charge in [0.05, 0.1) is 6.10 Å². The van der Waals surface area contributed by atoms with E-state index in [4.69, 9.17) is 0 Å². The Morgan fingerprint density at radius 2 is 1.62 bits per heavy atom. The van der Waals surface area contributed by atoms with Crippen molar-refractivity contribution in [2.24, 2.45) is 5.92 Å². The van der Waals surface area contributed by atoms with Crippen LogP contribution in [-0.2, 0) is 6.42 Å². The van der Waals surface area contributed by atoms with Gasteiger partial charge in [0.2, 0.25) is 0 Å². The molecule has 0 radical (unpaired) electrons. The van der Waals surface area contributed by atoms with Crippen LogP contribution in [0.2, 0.25) is 0 Å². The number of rotatable bonds is 7. The van der Waals surface area contributed by atoms with Crippen molar-refractivity contribution < 1.29 is 5.11 Å². The van der Waals surface area contributed by atoms with Gasteiger partial charge in [-0.1, -0.05) is 73.8 Å². The van der Waals surface area contributed by atoms with Gasteiger partial charge in [-0.3, -0.25) is 0 Å². The van der Waals surface area contributed by atoms with Gasteiger partial charge in [-0.15, -0.1) is 0 Å². The van der Waals surface area contributed by atoms with Gasteiger partial charge in [0.1, 0.15) is 0 Å². The Hall–Kier alpha value is -1.51. The number of hydrogen-bond acceptors (Lipinski definition) is 2. The smallest absolute Gasteiger partial charge is 0.0614 e. The fourth-order valence-electron chi connectivity index (χ4n) is 2.16. The van der Waals surface area contributed by atoms with Crippen molar-refractivity contribution in [3.63, 3.8) is 0 Å². The van der Waals surface area contributed by atoms with Crippen molar-refractivity contribution >= 4 is 11.8 Å². The highest BCUT2D eigenvalue weighted by Crippen LogP contribution is 2.32. The van der Waals surface area contributed by atoms with Gasteiger partial charge < -0.3 is 5.11 Å². The van der Waals surface area contributed by atoms with Gasteiger partial charge >= 0.3 is 0 Å². The lowest BCUT2D eigenvalue weighted by atomic mass is 9.98. The predicted octanol–water partition coefficient (Wildman–Crippen LogP) is 4.92. The third kappa shape index (κ3) is 5.07. The number of aryl methyl sites for hydroxylation is 1. The summed E-state index contributed by atoms with van der Waals surface area (Å²) in [7, 11) is 0. The van der Waals surface area contributed by atoms with Gasteiger partial charge in [-0.05, 0) is 35.4 Å². The third-order valence-electron chi connectivity index (χ3n) is 3.65. The minimum atomic E-state index is -0.353. The van der Waals surface area contributed by atoms with Crippen molar-refractivity contribution in [2.75, 3.05) is 0 Å². The Morgan fingerprint density at radius 1 is 1.05 bits per heavy atom. The van der Waals surface area contributed by atoms with Crippen LogP contribution in [0.4, 0.5) is 0 Å². The summed E-state index contributed by atoms with van der Waals surface area (Å²) in [6, 6.07) is 20.5. The van der Waals surface area contributed by atoms with Crippen LogP contribution >= 0.6 is 11.8 Å². The zero-order valence-corrected chi connectivity index (χ0v) is 13.2. The highest BCUT2D eigenvalue weighted by Gasteiger charge is 2.18. The SMILES string of the molecule is C=C(Sc1ccccc1)[C@H](C)[C@@H](O)CCc1ccccc1. The lowest BCUT2D eigenvalue weighted by molar-refractivity contribution is 0.127. The molecular formula is C19H22OS. The first-order valence-corrected chi connectivity index (χ1v) is 8.12. The Labute approximate surface area is 131 Å². The summed E-state index contributed by atoms with van der Waals surface area (Å²) in [5.74, 6) is 0.0823. The van der Waals surface area contributed by atoms with E-state index >= 15 is 0 Å². The van der Waals surface area contributed by atoms with E-state index in [1.807, 2.05) is 43.3 Å².